The summed E-state index contributed by atoms with van der Waals surface area (Å²) in [5.74, 6) is 0. The van der Waals surface area contributed by atoms with Gasteiger partial charge in [-0.1, -0.05) is 48.5 Å². The number of anilines is 1. The lowest BCUT2D eigenvalue weighted by molar-refractivity contribution is -0.141. The second-order valence-corrected chi connectivity index (χ2v) is 10.3. The zero-order valence-electron chi connectivity index (χ0n) is 18.7. The van der Waals surface area contributed by atoms with Crippen LogP contribution < -0.4 is 4.90 Å². The van der Waals surface area contributed by atoms with Crippen molar-refractivity contribution in [2.24, 2.45) is 0 Å². The zero-order chi connectivity index (χ0) is 26.1. The van der Waals surface area contributed by atoms with E-state index in [1.54, 1.807) is 30.3 Å². The van der Waals surface area contributed by atoms with E-state index in [-0.39, 0.29) is 24.2 Å². The monoisotopic (exact) mass is 532 g/mol. The molecule has 13 heteroatoms. The molecule has 4 rings (SSSR count). The summed E-state index contributed by atoms with van der Waals surface area (Å²) in [5.41, 5.74) is -5.45. The van der Waals surface area contributed by atoms with Crippen molar-refractivity contribution in [3.8, 4) is 0 Å². The summed E-state index contributed by atoms with van der Waals surface area (Å²) in [6.45, 7) is -1.48. The number of aromatic amines is 1. The second kappa shape index (κ2) is 9.77. The van der Waals surface area contributed by atoms with Crippen LogP contribution in [0.15, 0.2) is 60.9 Å². The van der Waals surface area contributed by atoms with E-state index in [1.807, 2.05) is 12.1 Å². The van der Waals surface area contributed by atoms with Gasteiger partial charge in [-0.25, -0.2) is 13.4 Å². The predicted molar refractivity (Wildman–Crippen MR) is 120 cm³/mol. The molecule has 0 amide bonds. The number of hydrogen-bond acceptors (Lipinski definition) is 4. The van der Waals surface area contributed by atoms with Crippen LogP contribution >= 0.6 is 0 Å². The van der Waals surface area contributed by atoms with Crippen LogP contribution in [0.25, 0.3) is 0 Å². The lowest BCUT2D eigenvalue weighted by atomic mass is 10.0. The fourth-order valence-electron chi connectivity index (χ4n) is 4.33. The Morgan fingerprint density at radius 1 is 0.972 bits per heavy atom. The molecule has 0 saturated heterocycles. The topological polar surface area (TPSA) is 69.3 Å². The molecule has 0 radical (unpaired) electrons. The Morgan fingerprint density at radius 3 is 2.31 bits per heavy atom. The molecule has 0 bridgehead atoms. The van der Waals surface area contributed by atoms with E-state index >= 15 is 0 Å². The van der Waals surface area contributed by atoms with Gasteiger partial charge in [0.1, 0.15) is 0 Å². The molecule has 0 fully saturated rings. The third-order valence-corrected chi connectivity index (χ3v) is 7.60. The highest BCUT2D eigenvalue weighted by Gasteiger charge is 2.51. The molecule has 36 heavy (non-hydrogen) atoms. The first-order valence-corrected chi connectivity index (χ1v) is 12.4. The van der Waals surface area contributed by atoms with Crippen molar-refractivity contribution in [1.82, 2.24) is 14.3 Å². The number of benzene rings is 2. The van der Waals surface area contributed by atoms with Crippen molar-refractivity contribution in [2.45, 2.75) is 43.7 Å². The summed E-state index contributed by atoms with van der Waals surface area (Å²) >= 11 is 0. The van der Waals surface area contributed by atoms with Gasteiger partial charge in [0.2, 0.25) is 0 Å². The lowest BCUT2D eigenvalue weighted by Gasteiger charge is -2.34. The van der Waals surface area contributed by atoms with Gasteiger partial charge in [0.15, 0.2) is 5.69 Å². The molecule has 6 nitrogen and oxygen atoms in total. The summed E-state index contributed by atoms with van der Waals surface area (Å²) < 4.78 is 106. The Morgan fingerprint density at radius 2 is 1.64 bits per heavy atom. The van der Waals surface area contributed by atoms with Crippen molar-refractivity contribution in [3.05, 3.63) is 83.4 Å². The standard InChI is InChI=1S/C23H22F6N4O2S/c24-22(25,26)21-19(30-15-31-21)14-33-18(11-10-16-6-2-1-3-7-16)13-32(36(34,35)23(27,28)29)12-17-8-4-5-9-20(17)33/h1-9,15,18H,10-14H2,(H,30,31)/t18-/m1/s1. The van der Waals surface area contributed by atoms with Crippen LogP contribution in [0.4, 0.5) is 32.0 Å². The van der Waals surface area contributed by atoms with Gasteiger partial charge in [0.25, 0.3) is 0 Å². The molecule has 0 aliphatic carbocycles. The van der Waals surface area contributed by atoms with E-state index < -0.39 is 46.5 Å². The molecule has 194 valence electrons. The normalized spacial score (nSPS) is 17.6. The number of halogens is 6. The third kappa shape index (κ3) is 5.36. The smallest absolute Gasteiger partial charge is 0.361 e. The minimum absolute atomic E-state index is 0.192. The summed E-state index contributed by atoms with van der Waals surface area (Å²) in [6.07, 6.45) is -3.27. The minimum Gasteiger partial charge on any atom is -0.361 e. The first kappa shape index (κ1) is 26.0. The fourth-order valence-corrected chi connectivity index (χ4v) is 5.30. The number of H-pyrrole nitrogens is 1. The molecule has 1 aromatic heterocycles. The van der Waals surface area contributed by atoms with Crippen molar-refractivity contribution >= 4 is 15.7 Å². The molecular formula is C23H22F6N4O2S. The molecule has 2 aromatic carbocycles. The highest BCUT2D eigenvalue weighted by atomic mass is 32.2. The number of nitrogens with one attached hydrogen (secondary N) is 1. The third-order valence-electron chi connectivity index (χ3n) is 6.06. The molecule has 2 heterocycles. The van der Waals surface area contributed by atoms with E-state index in [2.05, 4.69) is 9.97 Å². The Balaban J connectivity index is 1.78. The number of aryl methyl sites for hydroxylation is 1. The number of rotatable bonds is 6. The minimum atomic E-state index is -5.69. The molecule has 1 aliphatic rings. The molecule has 0 unspecified atom stereocenters. The van der Waals surface area contributed by atoms with E-state index in [0.29, 0.717) is 16.4 Å². The molecule has 3 aromatic rings. The van der Waals surface area contributed by atoms with Crippen LogP contribution in [0.2, 0.25) is 0 Å². The molecule has 0 spiro atoms. The summed E-state index contributed by atoms with van der Waals surface area (Å²) in [6, 6.07) is 14.3. The summed E-state index contributed by atoms with van der Waals surface area (Å²) in [7, 11) is -5.69. The average molecular weight is 533 g/mol. The van der Waals surface area contributed by atoms with Crippen LogP contribution in [-0.2, 0) is 35.7 Å². The van der Waals surface area contributed by atoms with E-state index in [9.17, 15) is 34.8 Å². The molecular weight excluding hydrogens is 510 g/mol. The lowest BCUT2D eigenvalue weighted by Crippen LogP contribution is -2.47. The van der Waals surface area contributed by atoms with Gasteiger partial charge in [-0.2, -0.15) is 30.6 Å². The maximum atomic E-state index is 13.5. The number of alkyl halides is 6. The van der Waals surface area contributed by atoms with Gasteiger partial charge in [-0.15, -0.1) is 0 Å². The number of para-hydroxylation sites is 1. The fraction of sp³-hybridized carbons (Fsp3) is 0.348. The van der Waals surface area contributed by atoms with Gasteiger partial charge >= 0.3 is 21.7 Å². The highest BCUT2D eigenvalue weighted by Crippen LogP contribution is 2.37. The number of fused-ring (bicyclic) bond motifs is 1. The summed E-state index contributed by atoms with van der Waals surface area (Å²) in [5, 5.41) is 0. The van der Waals surface area contributed by atoms with Crippen LogP contribution in [-0.4, -0.2) is 40.8 Å². The van der Waals surface area contributed by atoms with Crippen molar-refractivity contribution in [3.63, 3.8) is 0 Å². The first-order chi connectivity index (χ1) is 16.9. The quantitative estimate of drug-likeness (QED) is 0.449. The summed E-state index contributed by atoms with van der Waals surface area (Å²) in [4.78, 5) is 7.40. The molecule has 1 N–H and O–H groups in total. The van der Waals surface area contributed by atoms with Crippen molar-refractivity contribution in [2.75, 3.05) is 11.4 Å². The SMILES string of the molecule is O=S(=O)(N1Cc2ccccc2N(Cc2[nH]cnc2C(F)(F)F)[C@H](CCc2ccccc2)C1)C(F)(F)F. The number of hydrogen-bond donors (Lipinski definition) is 1. The second-order valence-electron chi connectivity index (χ2n) is 8.41. The largest absolute Gasteiger partial charge is 0.511 e. The number of nitrogens with zero attached hydrogens (tertiary/aromatic N) is 3. The van der Waals surface area contributed by atoms with Crippen molar-refractivity contribution in [1.29, 1.82) is 0 Å². The molecule has 1 atom stereocenters. The Hall–Kier alpha value is -3.06. The van der Waals surface area contributed by atoms with E-state index in [4.69, 9.17) is 0 Å². The zero-order valence-corrected chi connectivity index (χ0v) is 19.5. The number of imidazole rings is 1. The number of sulfonamides is 1. The first-order valence-electron chi connectivity index (χ1n) is 10.9. The molecule has 0 saturated carbocycles. The van der Waals surface area contributed by atoms with Gasteiger partial charge < -0.3 is 9.88 Å². The highest BCUT2D eigenvalue weighted by molar-refractivity contribution is 7.89. The average Bonchev–Trinajstić information content (AvgIpc) is 3.23. The van der Waals surface area contributed by atoms with Crippen molar-refractivity contribution < 1.29 is 34.8 Å². The van der Waals surface area contributed by atoms with E-state index in [1.165, 1.54) is 17.0 Å². The maximum absolute atomic E-state index is 13.5. The van der Waals surface area contributed by atoms with Crippen LogP contribution in [0.3, 0.4) is 0 Å². The number of aromatic nitrogens is 2. The Bertz CT molecular complexity index is 1290. The van der Waals surface area contributed by atoms with Gasteiger partial charge in [0.05, 0.1) is 18.6 Å². The van der Waals surface area contributed by atoms with Crippen LogP contribution in [0.5, 0.6) is 0 Å². The van der Waals surface area contributed by atoms with Crippen LogP contribution in [0.1, 0.15) is 28.9 Å². The van der Waals surface area contributed by atoms with Gasteiger partial charge in [-0.05, 0) is 30.0 Å². The Kier molecular flexibility index (Phi) is 7.06. The molecule has 1 aliphatic heterocycles. The maximum Gasteiger partial charge on any atom is 0.511 e. The van der Waals surface area contributed by atoms with Crippen LogP contribution in [0, 0.1) is 0 Å². The van der Waals surface area contributed by atoms with E-state index in [0.717, 1.165) is 11.9 Å². The van der Waals surface area contributed by atoms with Gasteiger partial charge in [-0.3, -0.25) is 0 Å². The Labute approximate surface area is 203 Å². The predicted octanol–water partition coefficient (Wildman–Crippen LogP) is 5.10. The van der Waals surface area contributed by atoms with Gasteiger partial charge in [0, 0.05) is 24.8 Å².